The third-order valence-electron chi connectivity index (χ3n) is 10.2. The van der Waals surface area contributed by atoms with E-state index in [1.807, 2.05) is 0 Å². The van der Waals surface area contributed by atoms with E-state index in [9.17, 15) is 20.1 Å². The second-order valence-electron chi connectivity index (χ2n) is 11.3. The predicted octanol–water partition coefficient (Wildman–Crippen LogP) is 0.147. The molecule has 0 aliphatic heterocycles. The fraction of sp³-hybridized carbons (Fsp3) is 0.958. The molecular weight excluding hydrogens is 391 g/mol. The molecule has 0 spiro atoms. The first-order chi connectivity index (χ1) is 13.2. The van der Waals surface area contributed by atoms with E-state index < -0.39 is 5.97 Å². The Kier molecular flexibility index (Phi) is 7.75. The van der Waals surface area contributed by atoms with Gasteiger partial charge < -0.3 is 20.1 Å². The fourth-order valence-corrected chi connectivity index (χ4v) is 8.72. The van der Waals surface area contributed by atoms with Crippen LogP contribution in [0.4, 0.5) is 0 Å². The molecule has 4 nitrogen and oxygen atoms in total. The standard InChI is InChI=1S/C24H40O4.K/c1-14(4-7-21(27)28)17-5-6-18-22-19(9-11-24(17,18)3)23(2)10-8-16(25)12-15(23)13-20(22)26;/h14-20,22,25-26H,4-13H2,1-3H3,(H,27,28);/q;+1/p-1/t14-,15?,16+,17-,18?,19?,20+,22?,23+,24-;/m1./s1. The van der Waals surface area contributed by atoms with Crippen molar-refractivity contribution in [1.29, 1.82) is 0 Å². The van der Waals surface area contributed by atoms with E-state index in [2.05, 4.69) is 20.8 Å². The van der Waals surface area contributed by atoms with Crippen LogP contribution in [0.25, 0.3) is 0 Å². The van der Waals surface area contributed by atoms with Gasteiger partial charge in [0, 0.05) is 5.97 Å². The van der Waals surface area contributed by atoms with Gasteiger partial charge in [0.2, 0.25) is 0 Å². The summed E-state index contributed by atoms with van der Waals surface area (Å²) in [5.41, 5.74) is 0.494. The van der Waals surface area contributed by atoms with Gasteiger partial charge >= 0.3 is 51.4 Å². The first kappa shape index (κ1) is 24.7. The maximum atomic E-state index is 11.2. The summed E-state index contributed by atoms with van der Waals surface area (Å²) >= 11 is 0. The van der Waals surface area contributed by atoms with Crippen molar-refractivity contribution < 1.29 is 71.5 Å². The van der Waals surface area contributed by atoms with Crippen LogP contribution >= 0.6 is 0 Å². The van der Waals surface area contributed by atoms with Gasteiger partial charge in [-0.2, -0.15) is 0 Å². The largest absolute Gasteiger partial charge is 1.00 e. The van der Waals surface area contributed by atoms with Crippen molar-refractivity contribution in [2.75, 3.05) is 0 Å². The Labute approximate surface area is 219 Å². The Morgan fingerprint density at radius 2 is 1.69 bits per heavy atom. The molecule has 5 heteroatoms. The number of carbonyl (C=O) groups is 1. The van der Waals surface area contributed by atoms with Crippen LogP contribution < -0.4 is 56.5 Å². The molecule has 2 N–H and O–H groups in total. The smallest absolute Gasteiger partial charge is 0.550 e. The molecule has 29 heavy (non-hydrogen) atoms. The predicted molar refractivity (Wildman–Crippen MR) is 106 cm³/mol. The van der Waals surface area contributed by atoms with E-state index in [4.69, 9.17) is 0 Å². The van der Waals surface area contributed by atoms with Crippen molar-refractivity contribution in [3.8, 4) is 0 Å². The van der Waals surface area contributed by atoms with Gasteiger partial charge in [-0.25, -0.2) is 0 Å². The van der Waals surface area contributed by atoms with Gasteiger partial charge in [-0.3, -0.25) is 0 Å². The number of aliphatic hydroxyl groups excluding tert-OH is 2. The minimum atomic E-state index is -0.934. The SMILES string of the molecule is C[C@H](CCC(=O)[O-])[C@H]1CCC2C3C(CC[C@@]21C)[C@@]1(C)CC[C@H](O)CC1C[C@@H]3O.[K+]. The number of aliphatic hydroxyl groups is 2. The Hall–Kier alpha value is 1.03. The molecule has 0 bridgehead atoms. The number of carboxylic acids is 1. The zero-order chi connectivity index (χ0) is 20.3. The number of aliphatic carboxylic acids is 1. The average Bonchev–Trinajstić information content (AvgIpc) is 2.98. The zero-order valence-electron chi connectivity index (χ0n) is 18.9. The summed E-state index contributed by atoms with van der Waals surface area (Å²) in [7, 11) is 0. The number of hydrogen-bond acceptors (Lipinski definition) is 4. The summed E-state index contributed by atoms with van der Waals surface area (Å²) in [5.74, 6) is 1.99. The Morgan fingerprint density at radius 3 is 2.38 bits per heavy atom. The van der Waals surface area contributed by atoms with Crippen LogP contribution in [0, 0.1) is 46.3 Å². The van der Waals surface area contributed by atoms with Crippen molar-refractivity contribution >= 4 is 5.97 Å². The molecular formula is C24H39KO4. The molecule has 0 heterocycles. The monoisotopic (exact) mass is 430 g/mol. The minimum absolute atomic E-state index is 0. The summed E-state index contributed by atoms with van der Waals surface area (Å²) in [5, 5.41) is 32.4. The second kappa shape index (κ2) is 9.11. The quantitative estimate of drug-likeness (QED) is 0.622. The summed E-state index contributed by atoms with van der Waals surface area (Å²) in [6, 6.07) is 0. The fourth-order valence-electron chi connectivity index (χ4n) is 8.72. The molecule has 0 aromatic carbocycles. The maximum absolute atomic E-state index is 11.2. The Balaban J connectivity index is 0.00000240. The molecule has 4 aliphatic rings. The van der Waals surface area contributed by atoms with Gasteiger partial charge in [-0.05, 0) is 111 Å². The summed E-state index contributed by atoms with van der Waals surface area (Å²) in [6.07, 6.45) is 8.91. The number of carbonyl (C=O) groups excluding carboxylic acids is 1. The zero-order valence-corrected chi connectivity index (χ0v) is 22.0. The van der Waals surface area contributed by atoms with Gasteiger partial charge in [0.05, 0.1) is 12.2 Å². The van der Waals surface area contributed by atoms with Crippen LogP contribution in [0.15, 0.2) is 0 Å². The summed E-state index contributed by atoms with van der Waals surface area (Å²) in [6.45, 7) is 7.11. The number of carboxylic acid groups (broad SMARTS) is 1. The molecule has 0 radical (unpaired) electrons. The van der Waals surface area contributed by atoms with Crippen molar-refractivity contribution in [3.63, 3.8) is 0 Å². The summed E-state index contributed by atoms with van der Waals surface area (Å²) < 4.78 is 0. The van der Waals surface area contributed by atoms with Crippen molar-refractivity contribution in [1.82, 2.24) is 0 Å². The van der Waals surface area contributed by atoms with E-state index >= 15 is 0 Å². The maximum Gasteiger partial charge on any atom is 1.00 e. The average molecular weight is 431 g/mol. The molecule has 4 rings (SSSR count). The van der Waals surface area contributed by atoms with Crippen LogP contribution in [0.5, 0.6) is 0 Å². The van der Waals surface area contributed by atoms with E-state index in [1.54, 1.807) is 0 Å². The third-order valence-corrected chi connectivity index (χ3v) is 10.2. The van der Waals surface area contributed by atoms with Crippen LogP contribution in [-0.4, -0.2) is 28.4 Å². The molecule has 0 amide bonds. The topological polar surface area (TPSA) is 80.6 Å². The first-order valence-corrected chi connectivity index (χ1v) is 11.7. The van der Waals surface area contributed by atoms with E-state index in [0.29, 0.717) is 41.9 Å². The minimum Gasteiger partial charge on any atom is -0.550 e. The second-order valence-corrected chi connectivity index (χ2v) is 11.3. The first-order valence-electron chi connectivity index (χ1n) is 11.7. The van der Waals surface area contributed by atoms with Gasteiger partial charge in [0.15, 0.2) is 0 Å². The molecule has 10 atom stereocenters. The molecule has 4 unspecified atom stereocenters. The molecule has 160 valence electrons. The molecule has 4 fully saturated rings. The van der Waals surface area contributed by atoms with E-state index in [1.165, 1.54) is 25.7 Å². The molecule has 0 saturated heterocycles. The van der Waals surface area contributed by atoms with Crippen LogP contribution in [0.2, 0.25) is 0 Å². The van der Waals surface area contributed by atoms with Crippen LogP contribution in [0.1, 0.15) is 85.0 Å². The van der Waals surface area contributed by atoms with E-state index in [-0.39, 0.29) is 80.8 Å². The van der Waals surface area contributed by atoms with Crippen molar-refractivity contribution in [2.24, 2.45) is 46.3 Å². The molecule has 0 aromatic heterocycles. The van der Waals surface area contributed by atoms with Crippen molar-refractivity contribution in [3.05, 3.63) is 0 Å². The number of fused-ring (bicyclic) bond motifs is 5. The van der Waals surface area contributed by atoms with Crippen molar-refractivity contribution in [2.45, 2.75) is 97.2 Å². The van der Waals surface area contributed by atoms with Gasteiger partial charge in [-0.15, -0.1) is 0 Å². The normalized spacial score (nSPS) is 49.9. The van der Waals surface area contributed by atoms with Crippen LogP contribution in [-0.2, 0) is 4.79 Å². The van der Waals surface area contributed by atoms with Crippen LogP contribution in [0.3, 0.4) is 0 Å². The molecule has 4 aliphatic carbocycles. The van der Waals surface area contributed by atoms with E-state index in [0.717, 1.165) is 25.7 Å². The van der Waals surface area contributed by atoms with Gasteiger partial charge in [0.25, 0.3) is 0 Å². The Morgan fingerprint density at radius 1 is 1.03 bits per heavy atom. The molecule has 0 aromatic rings. The van der Waals surface area contributed by atoms with Gasteiger partial charge in [-0.1, -0.05) is 20.8 Å². The molecule has 4 saturated carbocycles. The Bertz CT molecular complexity index is 612. The van der Waals surface area contributed by atoms with Gasteiger partial charge in [0.1, 0.15) is 0 Å². The number of rotatable bonds is 4. The number of hydrogen-bond donors (Lipinski definition) is 2. The third kappa shape index (κ3) is 4.20. The summed E-state index contributed by atoms with van der Waals surface area (Å²) in [4.78, 5) is 10.9.